The fourth-order valence-corrected chi connectivity index (χ4v) is 5.69. The molecule has 0 N–H and O–H groups in total. The van der Waals surface area contributed by atoms with Crippen LogP contribution < -0.4 is 0 Å². The lowest BCUT2D eigenvalue weighted by atomic mass is 10.2. The van der Waals surface area contributed by atoms with Crippen molar-refractivity contribution in [1.82, 2.24) is 9.21 Å². The summed E-state index contributed by atoms with van der Waals surface area (Å²) in [6.07, 6.45) is 0. The molecule has 1 aromatic heterocycles. The SMILES string of the molecule is CC(C)CN(CC(=O)N(Cc1ccccc1)Cc1cccs1)S(=O)(=O)c1ccc(Cl)cc1. The average Bonchev–Trinajstić information content (AvgIpc) is 3.26. The maximum Gasteiger partial charge on any atom is 0.243 e. The Morgan fingerprint density at radius 2 is 1.66 bits per heavy atom. The largest absolute Gasteiger partial charge is 0.332 e. The predicted octanol–water partition coefficient (Wildman–Crippen LogP) is 5.28. The third kappa shape index (κ3) is 6.65. The summed E-state index contributed by atoms with van der Waals surface area (Å²) in [5.74, 6) is -0.176. The van der Waals surface area contributed by atoms with Crippen LogP contribution in [0.1, 0.15) is 24.3 Å². The molecule has 2 aromatic carbocycles. The molecule has 3 rings (SSSR count). The molecule has 170 valence electrons. The fraction of sp³-hybridized carbons (Fsp3) is 0.292. The van der Waals surface area contributed by atoms with Crippen LogP contribution in [-0.4, -0.2) is 36.6 Å². The molecule has 0 aliphatic heterocycles. The highest BCUT2D eigenvalue weighted by Gasteiger charge is 2.29. The second-order valence-electron chi connectivity index (χ2n) is 7.96. The third-order valence-corrected chi connectivity index (χ3v) is 7.77. The summed E-state index contributed by atoms with van der Waals surface area (Å²) in [5, 5.41) is 2.43. The first-order valence-corrected chi connectivity index (χ1v) is 13.1. The van der Waals surface area contributed by atoms with Crippen molar-refractivity contribution >= 4 is 38.9 Å². The summed E-state index contributed by atoms with van der Waals surface area (Å²) in [6, 6.07) is 19.7. The maximum absolute atomic E-state index is 13.4. The van der Waals surface area contributed by atoms with E-state index in [0.717, 1.165) is 10.4 Å². The summed E-state index contributed by atoms with van der Waals surface area (Å²) in [7, 11) is -3.85. The lowest BCUT2D eigenvalue weighted by Crippen LogP contribution is -2.43. The minimum Gasteiger partial charge on any atom is -0.332 e. The van der Waals surface area contributed by atoms with Crippen LogP contribution in [0.5, 0.6) is 0 Å². The van der Waals surface area contributed by atoms with Gasteiger partial charge < -0.3 is 4.90 Å². The first kappa shape index (κ1) is 24.5. The van der Waals surface area contributed by atoms with E-state index < -0.39 is 10.0 Å². The molecular weight excluding hydrogens is 464 g/mol. The number of halogens is 1. The van der Waals surface area contributed by atoms with Crippen molar-refractivity contribution in [2.24, 2.45) is 5.92 Å². The molecule has 1 heterocycles. The highest BCUT2D eigenvalue weighted by atomic mass is 35.5. The van der Waals surface area contributed by atoms with E-state index in [9.17, 15) is 13.2 Å². The molecule has 0 unspecified atom stereocenters. The number of carbonyl (C=O) groups is 1. The Morgan fingerprint density at radius 1 is 0.969 bits per heavy atom. The molecule has 0 atom stereocenters. The summed E-state index contributed by atoms with van der Waals surface area (Å²) in [5.41, 5.74) is 0.994. The van der Waals surface area contributed by atoms with E-state index in [4.69, 9.17) is 11.6 Å². The van der Waals surface area contributed by atoms with Gasteiger partial charge in [-0.3, -0.25) is 4.79 Å². The van der Waals surface area contributed by atoms with Gasteiger partial charge in [0, 0.05) is 23.0 Å². The summed E-state index contributed by atoms with van der Waals surface area (Å²) < 4.78 is 27.9. The highest BCUT2D eigenvalue weighted by Crippen LogP contribution is 2.21. The van der Waals surface area contributed by atoms with Crippen molar-refractivity contribution in [1.29, 1.82) is 0 Å². The molecule has 0 aliphatic rings. The predicted molar refractivity (Wildman–Crippen MR) is 130 cm³/mol. The second kappa shape index (κ2) is 11.1. The van der Waals surface area contributed by atoms with Gasteiger partial charge in [-0.25, -0.2) is 8.42 Å². The van der Waals surface area contributed by atoms with Gasteiger partial charge in [0.25, 0.3) is 0 Å². The number of hydrogen-bond acceptors (Lipinski definition) is 4. The molecule has 5 nitrogen and oxygen atoms in total. The molecule has 0 saturated carbocycles. The topological polar surface area (TPSA) is 57.7 Å². The standard InChI is InChI=1S/C24H27ClN2O3S2/c1-19(2)15-27(32(29,30)23-12-10-21(25)11-13-23)18-24(28)26(17-22-9-6-14-31-22)16-20-7-4-3-5-8-20/h3-14,19H,15-18H2,1-2H3. The van der Waals surface area contributed by atoms with Crippen LogP contribution in [0.2, 0.25) is 5.02 Å². The van der Waals surface area contributed by atoms with Crippen molar-refractivity contribution in [2.45, 2.75) is 31.8 Å². The zero-order valence-corrected chi connectivity index (χ0v) is 20.5. The van der Waals surface area contributed by atoms with E-state index in [2.05, 4.69) is 0 Å². The van der Waals surface area contributed by atoms with Crippen molar-refractivity contribution in [3.8, 4) is 0 Å². The molecule has 0 bridgehead atoms. The van der Waals surface area contributed by atoms with Gasteiger partial charge in [0.15, 0.2) is 0 Å². The number of thiophene rings is 1. The monoisotopic (exact) mass is 490 g/mol. The van der Waals surface area contributed by atoms with Gasteiger partial charge in [-0.15, -0.1) is 11.3 Å². The van der Waals surface area contributed by atoms with Gasteiger partial charge in [-0.05, 0) is 47.2 Å². The van der Waals surface area contributed by atoms with Crippen LogP contribution >= 0.6 is 22.9 Å². The molecule has 0 aliphatic carbocycles. The second-order valence-corrected chi connectivity index (χ2v) is 11.4. The van der Waals surface area contributed by atoms with E-state index in [1.807, 2.05) is 61.7 Å². The van der Waals surface area contributed by atoms with Crippen LogP contribution in [0.15, 0.2) is 77.0 Å². The number of hydrogen-bond donors (Lipinski definition) is 0. The Labute approximate surface area is 199 Å². The number of carbonyl (C=O) groups excluding carboxylic acids is 1. The summed E-state index contributed by atoms with van der Waals surface area (Å²) in [6.45, 7) is 4.73. The van der Waals surface area contributed by atoms with Crippen LogP contribution in [0.3, 0.4) is 0 Å². The van der Waals surface area contributed by atoms with Crippen LogP contribution in [-0.2, 0) is 27.9 Å². The summed E-state index contributed by atoms with van der Waals surface area (Å²) >= 11 is 7.50. The quantitative estimate of drug-likeness (QED) is 0.388. The zero-order valence-electron chi connectivity index (χ0n) is 18.1. The molecule has 0 radical (unpaired) electrons. The molecule has 0 spiro atoms. The van der Waals surface area contributed by atoms with Crippen LogP contribution in [0.25, 0.3) is 0 Å². The molecular formula is C24H27ClN2O3S2. The Bertz CT molecular complexity index is 1100. The average molecular weight is 491 g/mol. The number of nitrogens with zero attached hydrogens (tertiary/aromatic N) is 2. The molecule has 0 saturated heterocycles. The van der Waals surface area contributed by atoms with Crippen LogP contribution in [0, 0.1) is 5.92 Å². The van der Waals surface area contributed by atoms with Crippen molar-refractivity contribution < 1.29 is 13.2 Å². The Hall–Kier alpha value is -2.19. The van der Waals surface area contributed by atoms with Gasteiger partial charge in [0.2, 0.25) is 15.9 Å². The number of rotatable bonds is 10. The normalized spacial score (nSPS) is 11.8. The zero-order chi connectivity index (χ0) is 23.1. The van der Waals surface area contributed by atoms with Crippen molar-refractivity contribution in [3.05, 3.63) is 87.6 Å². The molecule has 1 amide bonds. The Balaban J connectivity index is 1.86. The molecule has 0 fully saturated rings. The first-order valence-electron chi connectivity index (χ1n) is 10.4. The van der Waals surface area contributed by atoms with Gasteiger partial charge in [0.05, 0.1) is 18.0 Å². The van der Waals surface area contributed by atoms with Gasteiger partial charge >= 0.3 is 0 Å². The van der Waals surface area contributed by atoms with Crippen molar-refractivity contribution in [3.63, 3.8) is 0 Å². The van der Waals surface area contributed by atoms with E-state index in [1.54, 1.807) is 28.4 Å². The van der Waals surface area contributed by atoms with E-state index in [1.165, 1.54) is 16.4 Å². The lowest BCUT2D eigenvalue weighted by Gasteiger charge is -2.28. The Kier molecular flexibility index (Phi) is 8.48. The summed E-state index contributed by atoms with van der Waals surface area (Å²) in [4.78, 5) is 16.3. The number of benzene rings is 2. The van der Waals surface area contributed by atoms with Crippen molar-refractivity contribution in [2.75, 3.05) is 13.1 Å². The minimum absolute atomic E-state index is 0.0599. The maximum atomic E-state index is 13.4. The van der Waals surface area contributed by atoms with Crippen LogP contribution in [0.4, 0.5) is 0 Å². The molecule has 8 heteroatoms. The lowest BCUT2D eigenvalue weighted by molar-refractivity contribution is -0.132. The van der Waals surface area contributed by atoms with Gasteiger partial charge in [-0.1, -0.05) is 61.8 Å². The third-order valence-electron chi connectivity index (χ3n) is 4.83. The van der Waals surface area contributed by atoms with E-state index in [-0.39, 0.29) is 29.8 Å². The smallest absolute Gasteiger partial charge is 0.243 e. The Morgan fingerprint density at radius 3 is 2.25 bits per heavy atom. The molecule has 32 heavy (non-hydrogen) atoms. The number of amides is 1. The van der Waals surface area contributed by atoms with E-state index in [0.29, 0.717) is 18.1 Å². The first-order chi connectivity index (χ1) is 15.3. The minimum atomic E-state index is -3.85. The number of sulfonamides is 1. The van der Waals surface area contributed by atoms with Gasteiger partial charge in [-0.2, -0.15) is 4.31 Å². The fourth-order valence-electron chi connectivity index (χ4n) is 3.29. The molecule has 3 aromatic rings. The van der Waals surface area contributed by atoms with E-state index >= 15 is 0 Å². The van der Waals surface area contributed by atoms with Gasteiger partial charge in [0.1, 0.15) is 0 Å². The highest BCUT2D eigenvalue weighted by molar-refractivity contribution is 7.89.